The van der Waals surface area contributed by atoms with E-state index in [0.717, 1.165) is 55.2 Å². The summed E-state index contributed by atoms with van der Waals surface area (Å²) in [5.41, 5.74) is 0.477. The molecule has 0 unspecified atom stereocenters. The third kappa shape index (κ3) is 10.00. The maximum absolute atomic E-state index is 14.9. The van der Waals surface area contributed by atoms with Crippen LogP contribution in [0.1, 0.15) is 85.0 Å². The van der Waals surface area contributed by atoms with Crippen LogP contribution in [0.5, 0.6) is 11.5 Å². The van der Waals surface area contributed by atoms with Crippen LogP contribution in [0.3, 0.4) is 0 Å². The highest BCUT2D eigenvalue weighted by molar-refractivity contribution is 5.81. The first-order valence-electron chi connectivity index (χ1n) is 14.5. The molecule has 1 heterocycles. The Kier molecular flexibility index (Phi) is 12.5. The monoisotopic (exact) mass is 552 g/mol. The minimum Gasteiger partial charge on any atom is -0.491 e. The van der Waals surface area contributed by atoms with E-state index in [1.165, 1.54) is 13.3 Å². The van der Waals surface area contributed by atoms with Crippen LogP contribution in [-0.2, 0) is 4.79 Å². The maximum Gasteiger partial charge on any atom is 0.348 e. The van der Waals surface area contributed by atoms with Gasteiger partial charge in [-0.1, -0.05) is 70.9 Å². The standard InChI is InChI=1S/C33H42F2N2O3/c1-4-6-8-9-10-11-21-33(3,35)32(38)40-30-19-15-26(16-20-30)31-36-22-27(23-37-31)25-13-17-29(18-14-25)39-24-28(34)12-7-5-2/h13-20,22-23,28H,4-12,21,24H2,1-3H3/t28-,33-/m0/s1. The van der Waals surface area contributed by atoms with Crippen LogP contribution in [0.15, 0.2) is 60.9 Å². The Labute approximate surface area is 237 Å². The number of carbonyl (C=O) groups excluding carboxylic acids is 1. The highest BCUT2D eigenvalue weighted by atomic mass is 19.1. The normalized spacial score (nSPS) is 13.4. The molecule has 0 aliphatic carbocycles. The van der Waals surface area contributed by atoms with Crippen molar-refractivity contribution < 1.29 is 23.0 Å². The van der Waals surface area contributed by atoms with Gasteiger partial charge in [-0.05, 0) is 68.1 Å². The molecule has 2 aromatic carbocycles. The lowest BCUT2D eigenvalue weighted by Crippen LogP contribution is -2.34. The van der Waals surface area contributed by atoms with Crippen LogP contribution in [0.4, 0.5) is 8.78 Å². The van der Waals surface area contributed by atoms with Crippen molar-refractivity contribution >= 4 is 5.97 Å². The van der Waals surface area contributed by atoms with Gasteiger partial charge in [0.1, 0.15) is 24.3 Å². The smallest absolute Gasteiger partial charge is 0.348 e. The molecule has 0 saturated carbocycles. The Morgan fingerprint density at radius 2 is 1.38 bits per heavy atom. The second-order valence-corrected chi connectivity index (χ2v) is 10.5. The maximum atomic E-state index is 14.9. The number of halogens is 2. The molecule has 0 bridgehead atoms. The minimum absolute atomic E-state index is 0.0570. The van der Waals surface area contributed by atoms with E-state index < -0.39 is 17.8 Å². The summed E-state index contributed by atoms with van der Waals surface area (Å²) in [6.07, 6.45) is 11.1. The molecule has 40 heavy (non-hydrogen) atoms. The van der Waals surface area contributed by atoms with Gasteiger partial charge in [0.2, 0.25) is 5.67 Å². The van der Waals surface area contributed by atoms with Crippen molar-refractivity contribution in [3.63, 3.8) is 0 Å². The summed E-state index contributed by atoms with van der Waals surface area (Å²) in [6, 6.07) is 14.1. The fraction of sp³-hybridized carbons (Fsp3) is 0.485. The molecule has 3 aromatic rings. The first kappa shape index (κ1) is 31.2. The van der Waals surface area contributed by atoms with E-state index in [4.69, 9.17) is 9.47 Å². The molecule has 2 atom stereocenters. The van der Waals surface area contributed by atoms with Crippen molar-refractivity contribution in [1.82, 2.24) is 9.97 Å². The number of carbonyl (C=O) groups is 1. The highest BCUT2D eigenvalue weighted by Crippen LogP contribution is 2.27. The van der Waals surface area contributed by atoms with E-state index in [1.54, 1.807) is 36.7 Å². The lowest BCUT2D eigenvalue weighted by molar-refractivity contribution is -0.147. The summed E-state index contributed by atoms with van der Waals surface area (Å²) in [4.78, 5) is 21.3. The number of ether oxygens (including phenoxy) is 2. The number of benzene rings is 2. The van der Waals surface area contributed by atoms with Gasteiger partial charge in [0.05, 0.1) is 0 Å². The van der Waals surface area contributed by atoms with Gasteiger partial charge < -0.3 is 9.47 Å². The Bertz CT molecular complexity index is 1150. The molecule has 0 radical (unpaired) electrons. The fourth-order valence-corrected chi connectivity index (χ4v) is 4.29. The second-order valence-electron chi connectivity index (χ2n) is 10.5. The molecule has 0 saturated heterocycles. The molecule has 0 amide bonds. The van der Waals surface area contributed by atoms with Gasteiger partial charge in [-0.25, -0.2) is 23.5 Å². The van der Waals surface area contributed by atoms with Crippen molar-refractivity contribution in [2.24, 2.45) is 0 Å². The van der Waals surface area contributed by atoms with Gasteiger partial charge in [0.25, 0.3) is 0 Å². The number of hydrogen-bond donors (Lipinski definition) is 0. The van der Waals surface area contributed by atoms with Gasteiger partial charge >= 0.3 is 5.97 Å². The summed E-state index contributed by atoms with van der Waals surface area (Å²) < 4.78 is 39.6. The number of esters is 1. The van der Waals surface area contributed by atoms with Gasteiger partial charge in [-0.3, -0.25) is 0 Å². The Balaban J connectivity index is 1.51. The lowest BCUT2D eigenvalue weighted by Gasteiger charge is -2.18. The predicted octanol–water partition coefficient (Wildman–Crippen LogP) is 9.10. The molecule has 0 fully saturated rings. The van der Waals surface area contributed by atoms with Crippen molar-refractivity contribution in [3.05, 3.63) is 60.9 Å². The SMILES string of the molecule is CCCCCCCC[C@](C)(F)C(=O)Oc1ccc(-c2ncc(-c3ccc(OC[C@@H](F)CCCC)cc3)cn2)cc1. The molecule has 7 heteroatoms. The van der Waals surface area contributed by atoms with E-state index >= 15 is 0 Å². The van der Waals surface area contributed by atoms with Crippen molar-refractivity contribution in [1.29, 1.82) is 0 Å². The Morgan fingerprint density at radius 3 is 2.02 bits per heavy atom. The van der Waals surface area contributed by atoms with Crippen LogP contribution in [-0.4, -0.2) is 34.4 Å². The molecular formula is C33H42F2N2O3. The third-order valence-electron chi connectivity index (χ3n) is 6.89. The summed E-state index contributed by atoms with van der Waals surface area (Å²) in [7, 11) is 0. The second kappa shape index (κ2) is 16.0. The predicted molar refractivity (Wildman–Crippen MR) is 156 cm³/mol. The molecule has 3 rings (SSSR count). The number of alkyl halides is 2. The number of aromatic nitrogens is 2. The topological polar surface area (TPSA) is 61.3 Å². The zero-order chi connectivity index (χ0) is 28.8. The van der Waals surface area contributed by atoms with Crippen LogP contribution < -0.4 is 9.47 Å². The quantitative estimate of drug-likeness (QED) is 0.0949. The number of hydrogen-bond acceptors (Lipinski definition) is 5. The number of unbranched alkanes of at least 4 members (excludes halogenated alkanes) is 6. The average Bonchev–Trinajstić information content (AvgIpc) is 2.97. The molecule has 5 nitrogen and oxygen atoms in total. The molecule has 0 N–H and O–H groups in total. The van der Waals surface area contributed by atoms with Crippen LogP contribution in [0.25, 0.3) is 22.5 Å². The fourth-order valence-electron chi connectivity index (χ4n) is 4.29. The molecule has 0 spiro atoms. The van der Waals surface area contributed by atoms with Crippen molar-refractivity contribution in [3.8, 4) is 34.0 Å². The van der Waals surface area contributed by atoms with E-state index in [9.17, 15) is 13.6 Å². The third-order valence-corrected chi connectivity index (χ3v) is 6.89. The Morgan fingerprint density at radius 1 is 0.800 bits per heavy atom. The van der Waals surface area contributed by atoms with Crippen LogP contribution in [0.2, 0.25) is 0 Å². The van der Waals surface area contributed by atoms with Crippen LogP contribution in [0, 0.1) is 0 Å². The van der Waals surface area contributed by atoms with Crippen molar-refractivity contribution in [2.45, 2.75) is 96.8 Å². The summed E-state index contributed by atoms with van der Waals surface area (Å²) >= 11 is 0. The van der Waals surface area contributed by atoms with E-state index in [2.05, 4.69) is 16.9 Å². The summed E-state index contributed by atoms with van der Waals surface area (Å²) in [5.74, 6) is 0.550. The number of rotatable bonds is 17. The molecule has 0 aliphatic heterocycles. The Hall–Kier alpha value is -3.35. The molecule has 0 aliphatic rings. The summed E-state index contributed by atoms with van der Waals surface area (Å²) in [5, 5.41) is 0. The molecule has 1 aromatic heterocycles. The first-order chi connectivity index (χ1) is 19.3. The molecular weight excluding hydrogens is 510 g/mol. The lowest BCUT2D eigenvalue weighted by atomic mass is 9.99. The van der Waals surface area contributed by atoms with Gasteiger partial charge in [-0.2, -0.15) is 0 Å². The minimum atomic E-state index is -2.02. The van der Waals surface area contributed by atoms with Gasteiger partial charge in [0.15, 0.2) is 5.82 Å². The highest BCUT2D eigenvalue weighted by Gasteiger charge is 2.34. The van der Waals surface area contributed by atoms with Gasteiger partial charge in [-0.15, -0.1) is 0 Å². The zero-order valence-electron chi connectivity index (χ0n) is 24.0. The average molecular weight is 553 g/mol. The van der Waals surface area contributed by atoms with E-state index in [0.29, 0.717) is 24.4 Å². The van der Waals surface area contributed by atoms with Crippen molar-refractivity contribution in [2.75, 3.05) is 6.61 Å². The summed E-state index contributed by atoms with van der Waals surface area (Å²) in [6.45, 7) is 5.55. The van der Waals surface area contributed by atoms with E-state index in [-0.39, 0.29) is 18.8 Å². The first-order valence-corrected chi connectivity index (χ1v) is 14.5. The van der Waals surface area contributed by atoms with E-state index in [1.807, 2.05) is 31.2 Å². The van der Waals surface area contributed by atoms with Gasteiger partial charge in [0, 0.05) is 23.5 Å². The zero-order valence-corrected chi connectivity index (χ0v) is 24.0. The largest absolute Gasteiger partial charge is 0.491 e. The van der Waals surface area contributed by atoms with Crippen LogP contribution >= 0.6 is 0 Å². The number of nitrogens with zero attached hydrogens (tertiary/aromatic N) is 2. The molecule has 216 valence electrons.